The van der Waals surface area contributed by atoms with Crippen LogP contribution < -0.4 is 10.5 Å². The predicted molar refractivity (Wildman–Crippen MR) is 62.3 cm³/mol. The third-order valence-electron chi connectivity index (χ3n) is 2.22. The quantitative estimate of drug-likeness (QED) is 0.756. The number of phenols is 1. The highest BCUT2D eigenvalue weighted by molar-refractivity contribution is 5.90. The van der Waals surface area contributed by atoms with E-state index in [4.69, 9.17) is 10.5 Å². The van der Waals surface area contributed by atoms with Crippen molar-refractivity contribution >= 4 is 12.0 Å². The van der Waals surface area contributed by atoms with Gasteiger partial charge in [0.05, 0.1) is 7.11 Å². The van der Waals surface area contributed by atoms with Gasteiger partial charge in [-0.3, -0.25) is 4.79 Å². The van der Waals surface area contributed by atoms with Crippen molar-refractivity contribution in [2.75, 3.05) is 7.11 Å². The molecule has 0 aliphatic rings. The molecule has 0 aromatic heterocycles. The molecule has 1 amide bonds. The van der Waals surface area contributed by atoms with E-state index in [-0.39, 0.29) is 5.75 Å². The van der Waals surface area contributed by atoms with E-state index in [0.29, 0.717) is 11.3 Å². The Morgan fingerprint density at radius 1 is 1.56 bits per heavy atom. The first-order chi connectivity index (χ1) is 7.58. The average Bonchev–Trinajstić information content (AvgIpc) is 2.27. The minimum absolute atomic E-state index is 0.0113. The van der Waals surface area contributed by atoms with Gasteiger partial charge in [0.1, 0.15) is 0 Å². The van der Waals surface area contributed by atoms with E-state index in [0.717, 1.165) is 12.0 Å². The molecule has 16 heavy (non-hydrogen) atoms. The molecule has 0 unspecified atom stereocenters. The molecule has 86 valence electrons. The molecule has 0 saturated heterocycles. The number of aromatic hydroxyl groups is 1. The summed E-state index contributed by atoms with van der Waals surface area (Å²) in [5, 5.41) is 9.79. The molecule has 0 heterocycles. The maximum Gasteiger partial charge on any atom is 0.241 e. The van der Waals surface area contributed by atoms with Crippen LogP contribution in [-0.2, 0) is 11.2 Å². The molecule has 4 nitrogen and oxygen atoms in total. The number of primary amides is 1. The van der Waals surface area contributed by atoms with Crippen LogP contribution >= 0.6 is 0 Å². The molecule has 0 atom stereocenters. The summed E-state index contributed by atoms with van der Waals surface area (Å²) < 4.78 is 5.03. The lowest BCUT2D eigenvalue weighted by molar-refractivity contribution is -0.113. The highest BCUT2D eigenvalue weighted by Crippen LogP contribution is 2.32. The number of rotatable bonds is 4. The van der Waals surface area contributed by atoms with Crippen LogP contribution in [0.4, 0.5) is 0 Å². The maximum absolute atomic E-state index is 10.6. The number of hydrogen-bond donors (Lipinski definition) is 2. The van der Waals surface area contributed by atoms with Crippen molar-refractivity contribution in [2.24, 2.45) is 5.73 Å². The second-order valence-corrected chi connectivity index (χ2v) is 3.33. The lowest BCUT2D eigenvalue weighted by Crippen LogP contribution is -2.05. The molecule has 3 N–H and O–H groups in total. The fraction of sp³-hybridized carbons (Fsp3) is 0.250. The molecule has 1 aromatic rings. The van der Waals surface area contributed by atoms with Crippen molar-refractivity contribution < 1.29 is 14.6 Å². The van der Waals surface area contributed by atoms with Gasteiger partial charge in [0.2, 0.25) is 5.91 Å². The van der Waals surface area contributed by atoms with Gasteiger partial charge in [0.15, 0.2) is 11.5 Å². The summed E-state index contributed by atoms with van der Waals surface area (Å²) in [6.45, 7) is 1.99. The number of carbonyl (C=O) groups excluding carboxylic acids is 1. The van der Waals surface area contributed by atoms with E-state index < -0.39 is 5.91 Å². The fourth-order valence-electron chi connectivity index (χ4n) is 1.35. The van der Waals surface area contributed by atoms with E-state index in [1.807, 2.05) is 6.92 Å². The van der Waals surface area contributed by atoms with Crippen LogP contribution in [0.1, 0.15) is 18.1 Å². The number of ether oxygens (including phenoxy) is 1. The summed E-state index contributed by atoms with van der Waals surface area (Å²) in [5.74, 6) is -0.152. The zero-order valence-electron chi connectivity index (χ0n) is 9.36. The summed E-state index contributed by atoms with van der Waals surface area (Å²) in [6.07, 6.45) is 3.49. The Kier molecular flexibility index (Phi) is 3.94. The molecule has 0 saturated carbocycles. The Balaban J connectivity index is 3.20. The molecule has 4 heteroatoms. The number of phenolic OH excluding ortho intramolecular Hbond substituents is 1. The van der Waals surface area contributed by atoms with Crippen molar-refractivity contribution in [3.63, 3.8) is 0 Å². The van der Waals surface area contributed by atoms with Gasteiger partial charge in [-0.1, -0.05) is 6.92 Å². The third-order valence-corrected chi connectivity index (χ3v) is 2.22. The van der Waals surface area contributed by atoms with Gasteiger partial charge >= 0.3 is 0 Å². The van der Waals surface area contributed by atoms with Gasteiger partial charge in [-0.05, 0) is 30.2 Å². The predicted octanol–water partition coefficient (Wildman–Crippen LogP) is 1.46. The summed E-state index contributed by atoms with van der Waals surface area (Å²) in [4.78, 5) is 10.6. The summed E-state index contributed by atoms with van der Waals surface area (Å²) >= 11 is 0. The molecule has 0 fully saturated rings. The van der Waals surface area contributed by atoms with Crippen molar-refractivity contribution in [3.8, 4) is 11.5 Å². The lowest BCUT2D eigenvalue weighted by atomic mass is 10.1. The lowest BCUT2D eigenvalue weighted by Gasteiger charge is -2.08. The van der Waals surface area contributed by atoms with E-state index >= 15 is 0 Å². The van der Waals surface area contributed by atoms with Gasteiger partial charge in [-0.25, -0.2) is 0 Å². The summed E-state index contributed by atoms with van der Waals surface area (Å²) in [5.41, 5.74) is 6.53. The maximum atomic E-state index is 10.6. The first kappa shape index (κ1) is 12.1. The van der Waals surface area contributed by atoms with Crippen molar-refractivity contribution in [3.05, 3.63) is 29.3 Å². The minimum Gasteiger partial charge on any atom is -0.504 e. The fourth-order valence-corrected chi connectivity index (χ4v) is 1.35. The van der Waals surface area contributed by atoms with E-state index in [9.17, 15) is 9.90 Å². The van der Waals surface area contributed by atoms with Gasteiger partial charge < -0.3 is 15.6 Å². The number of methoxy groups -OCH3 is 1. The Morgan fingerprint density at radius 3 is 2.75 bits per heavy atom. The normalized spacial score (nSPS) is 10.6. The molecular formula is C12H15NO3. The Bertz CT molecular complexity index is 425. The topological polar surface area (TPSA) is 72.6 Å². The van der Waals surface area contributed by atoms with Gasteiger partial charge in [-0.2, -0.15) is 0 Å². The first-order valence-corrected chi connectivity index (χ1v) is 4.95. The van der Waals surface area contributed by atoms with Crippen LogP contribution in [0.3, 0.4) is 0 Å². The smallest absolute Gasteiger partial charge is 0.241 e. The summed E-state index contributed by atoms with van der Waals surface area (Å²) in [6, 6.07) is 3.55. The molecule has 1 rings (SSSR count). The van der Waals surface area contributed by atoms with Crippen molar-refractivity contribution in [2.45, 2.75) is 13.3 Å². The third kappa shape index (κ3) is 2.76. The zero-order valence-corrected chi connectivity index (χ0v) is 9.36. The Morgan fingerprint density at radius 2 is 2.25 bits per heavy atom. The van der Waals surface area contributed by atoms with Crippen LogP contribution in [0.15, 0.2) is 18.2 Å². The van der Waals surface area contributed by atoms with Crippen molar-refractivity contribution in [1.82, 2.24) is 0 Å². The Hall–Kier alpha value is -1.97. The van der Waals surface area contributed by atoms with Gasteiger partial charge in [0.25, 0.3) is 0 Å². The molecular weight excluding hydrogens is 206 g/mol. The second kappa shape index (κ2) is 5.21. The number of carbonyl (C=O) groups is 1. The highest BCUT2D eigenvalue weighted by atomic mass is 16.5. The number of hydrogen-bond acceptors (Lipinski definition) is 3. The van der Waals surface area contributed by atoms with Gasteiger partial charge in [0, 0.05) is 11.6 Å². The van der Waals surface area contributed by atoms with E-state index in [1.165, 1.54) is 19.3 Å². The molecule has 1 aromatic carbocycles. The average molecular weight is 221 g/mol. The van der Waals surface area contributed by atoms with Gasteiger partial charge in [-0.15, -0.1) is 0 Å². The monoisotopic (exact) mass is 221 g/mol. The Labute approximate surface area is 94.3 Å². The number of amides is 1. The molecule has 0 aliphatic carbocycles. The molecule has 0 aliphatic heterocycles. The second-order valence-electron chi connectivity index (χ2n) is 3.33. The summed E-state index contributed by atoms with van der Waals surface area (Å²) in [7, 11) is 1.48. The minimum atomic E-state index is -0.555. The number of nitrogens with two attached hydrogens (primary N) is 1. The number of benzene rings is 1. The largest absolute Gasteiger partial charge is 0.504 e. The zero-order chi connectivity index (χ0) is 12.1. The highest BCUT2D eigenvalue weighted by Gasteiger charge is 2.07. The van der Waals surface area contributed by atoms with Crippen LogP contribution in [0.25, 0.3) is 6.08 Å². The molecule has 0 radical (unpaired) electrons. The first-order valence-electron chi connectivity index (χ1n) is 4.95. The molecule has 0 bridgehead atoms. The standard InChI is InChI=1S/C12H15NO3/c1-3-8-6-9(4-5-11(13)14)12(15)10(7-8)16-2/h4-7,15H,3H2,1-2H3,(H2,13,14)/b5-4+. The van der Waals surface area contributed by atoms with Crippen LogP contribution in [0.2, 0.25) is 0 Å². The SMILES string of the molecule is CCc1cc(/C=C/C(N)=O)c(O)c(OC)c1. The van der Waals surface area contributed by atoms with Crippen LogP contribution in [-0.4, -0.2) is 18.1 Å². The van der Waals surface area contributed by atoms with Crippen LogP contribution in [0, 0.1) is 0 Å². The van der Waals surface area contributed by atoms with Crippen molar-refractivity contribution in [1.29, 1.82) is 0 Å². The molecule has 0 spiro atoms. The van der Waals surface area contributed by atoms with E-state index in [1.54, 1.807) is 12.1 Å². The van der Waals surface area contributed by atoms with E-state index in [2.05, 4.69) is 0 Å². The number of aryl methyl sites for hydroxylation is 1. The van der Waals surface area contributed by atoms with Crippen LogP contribution in [0.5, 0.6) is 11.5 Å².